The Morgan fingerprint density at radius 1 is 0.892 bits per heavy atom. The number of ether oxygens (including phenoxy) is 4. The van der Waals surface area contributed by atoms with Crippen LogP contribution in [-0.4, -0.2) is 47.5 Å². The number of methoxy groups -OCH3 is 4. The maximum atomic E-state index is 12.8. The number of hydrogen-bond donors (Lipinski definition) is 2. The average Bonchev–Trinajstić information content (AvgIpc) is 2.90. The summed E-state index contributed by atoms with van der Waals surface area (Å²) in [5.74, 6) is 1.79. The minimum absolute atomic E-state index is 0.000175. The van der Waals surface area contributed by atoms with Gasteiger partial charge in [0.25, 0.3) is 15.7 Å². The van der Waals surface area contributed by atoms with Crippen molar-refractivity contribution in [3.8, 4) is 23.0 Å². The van der Waals surface area contributed by atoms with Crippen LogP contribution in [0.1, 0.15) is 12.5 Å². The number of hydrogen-bond acceptors (Lipinski definition) is 10. The maximum absolute atomic E-state index is 12.8. The molecule has 0 spiro atoms. The van der Waals surface area contributed by atoms with Crippen LogP contribution >= 0.6 is 0 Å². The number of benzene rings is 3. The van der Waals surface area contributed by atoms with Crippen molar-refractivity contribution in [1.29, 1.82) is 0 Å². The van der Waals surface area contributed by atoms with E-state index in [4.69, 9.17) is 18.9 Å². The average molecular weight is 531 g/mol. The molecule has 0 aliphatic rings. The fourth-order valence-corrected chi connectivity index (χ4v) is 4.37. The summed E-state index contributed by atoms with van der Waals surface area (Å²) in [5.41, 5.74) is 3.50. The number of nitro benzene ring substituents is 1. The smallest absolute Gasteiger partial charge is 0.295 e. The van der Waals surface area contributed by atoms with E-state index in [1.165, 1.54) is 52.7 Å². The van der Waals surface area contributed by atoms with E-state index < -0.39 is 20.6 Å². The van der Waals surface area contributed by atoms with E-state index in [1.54, 1.807) is 31.2 Å². The number of sulfonamides is 1. The minimum atomic E-state index is -4.10. The first-order valence-electron chi connectivity index (χ1n) is 10.7. The van der Waals surface area contributed by atoms with Gasteiger partial charge in [-0.3, -0.25) is 20.3 Å². The highest BCUT2D eigenvalue weighted by Crippen LogP contribution is 2.38. The molecule has 0 fully saturated rings. The molecule has 3 aromatic carbocycles. The SMILES string of the molecule is COc1ccc(NS(=O)(=O)c2ccc(NN=C(C)c3cc(OC)c(OC)c(OC)c3)c([N+](=O)[O-])c2)cc1. The van der Waals surface area contributed by atoms with Crippen LogP contribution in [0, 0.1) is 10.1 Å². The largest absolute Gasteiger partial charge is 0.497 e. The van der Waals surface area contributed by atoms with E-state index in [1.807, 2.05) is 0 Å². The van der Waals surface area contributed by atoms with Gasteiger partial charge < -0.3 is 18.9 Å². The topological polar surface area (TPSA) is 151 Å². The van der Waals surface area contributed by atoms with Crippen molar-refractivity contribution in [3.05, 3.63) is 70.3 Å². The summed E-state index contributed by atoms with van der Waals surface area (Å²) < 4.78 is 49.1. The van der Waals surface area contributed by atoms with Crippen molar-refractivity contribution >= 4 is 32.8 Å². The van der Waals surface area contributed by atoms with Crippen LogP contribution in [-0.2, 0) is 10.0 Å². The van der Waals surface area contributed by atoms with Gasteiger partial charge in [-0.25, -0.2) is 8.42 Å². The lowest BCUT2D eigenvalue weighted by Crippen LogP contribution is -2.13. The zero-order valence-electron chi connectivity index (χ0n) is 20.8. The lowest BCUT2D eigenvalue weighted by Gasteiger charge is -2.14. The molecule has 0 bridgehead atoms. The number of hydrazone groups is 1. The number of rotatable bonds is 11. The Morgan fingerprint density at radius 3 is 2.03 bits per heavy atom. The molecule has 0 unspecified atom stereocenters. The summed E-state index contributed by atoms with van der Waals surface area (Å²) in [6, 6.07) is 13.0. The molecule has 0 amide bonds. The quantitative estimate of drug-likeness (QED) is 0.210. The van der Waals surface area contributed by atoms with E-state index in [-0.39, 0.29) is 16.3 Å². The van der Waals surface area contributed by atoms with Gasteiger partial charge in [-0.1, -0.05) is 0 Å². The van der Waals surface area contributed by atoms with Gasteiger partial charge in [0, 0.05) is 17.3 Å². The number of nitrogens with zero attached hydrogens (tertiary/aromatic N) is 2. The molecule has 0 aliphatic heterocycles. The summed E-state index contributed by atoms with van der Waals surface area (Å²) >= 11 is 0. The van der Waals surface area contributed by atoms with Crippen molar-refractivity contribution < 1.29 is 32.3 Å². The van der Waals surface area contributed by atoms with Crippen LogP contribution in [0.5, 0.6) is 23.0 Å². The third-order valence-electron chi connectivity index (χ3n) is 5.24. The van der Waals surface area contributed by atoms with Crippen LogP contribution in [0.2, 0.25) is 0 Å². The van der Waals surface area contributed by atoms with Crippen LogP contribution in [0.3, 0.4) is 0 Å². The molecule has 13 heteroatoms. The molecule has 0 aliphatic carbocycles. The first-order valence-corrected chi connectivity index (χ1v) is 12.2. The van der Waals surface area contributed by atoms with E-state index >= 15 is 0 Å². The standard InChI is InChI=1S/C24H26N4O8S/c1-15(16-12-22(34-3)24(36-5)23(13-16)35-4)25-26-20-11-10-19(14-21(20)28(29)30)37(31,32)27-17-6-8-18(33-2)9-7-17/h6-14,26-27H,1-5H3. The van der Waals surface area contributed by atoms with Gasteiger partial charge in [0.15, 0.2) is 11.5 Å². The fraction of sp³-hybridized carbons (Fsp3) is 0.208. The highest BCUT2D eigenvalue weighted by atomic mass is 32.2. The normalized spacial score (nSPS) is 11.4. The van der Waals surface area contributed by atoms with Gasteiger partial charge in [0.2, 0.25) is 5.75 Å². The second kappa shape index (κ2) is 11.5. The van der Waals surface area contributed by atoms with E-state index in [9.17, 15) is 18.5 Å². The molecule has 0 radical (unpaired) electrons. The number of anilines is 2. The van der Waals surface area contributed by atoms with Gasteiger partial charge in [-0.15, -0.1) is 0 Å². The Kier molecular flexibility index (Phi) is 8.40. The molecule has 0 saturated carbocycles. The first kappa shape index (κ1) is 27.1. The molecule has 196 valence electrons. The third kappa shape index (κ3) is 6.19. The van der Waals surface area contributed by atoms with E-state index in [2.05, 4.69) is 15.2 Å². The van der Waals surface area contributed by atoms with Crippen molar-refractivity contribution in [3.63, 3.8) is 0 Å². The summed E-state index contributed by atoms with van der Waals surface area (Å²) in [6.07, 6.45) is 0. The van der Waals surface area contributed by atoms with Crippen molar-refractivity contribution in [2.24, 2.45) is 5.10 Å². The molecule has 12 nitrogen and oxygen atoms in total. The summed E-state index contributed by atoms with van der Waals surface area (Å²) in [7, 11) is 1.83. The van der Waals surface area contributed by atoms with Crippen molar-refractivity contribution in [2.75, 3.05) is 38.6 Å². The van der Waals surface area contributed by atoms with Crippen LogP contribution < -0.4 is 29.1 Å². The lowest BCUT2D eigenvalue weighted by molar-refractivity contribution is -0.384. The molecule has 0 heterocycles. The zero-order chi connectivity index (χ0) is 27.2. The van der Waals surface area contributed by atoms with Gasteiger partial charge in [-0.05, 0) is 55.5 Å². The molecule has 3 aromatic rings. The summed E-state index contributed by atoms with van der Waals surface area (Å²) in [4.78, 5) is 10.7. The van der Waals surface area contributed by atoms with Crippen LogP contribution in [0.15, 0.2) is 64.6 Å². The molecular weight excluding hydrogens is 504 g/mol. The monoisotopic (exact) mass is 530 g/mol. The highest BCUT2D eigenvalue weighted by Gasteiger charge is 2.22. The van der Waals surface area contributed by atoms with Gasteiger partial charge in [0.1, 0.15) is 11.4 Å². The lowest BCUT2D eigenvalue weighted by atomic mass is 10.1. The Hall–Kier alpha value is -4.52. The van der Waals surface area contributed by atoms with E-state index in [0.717, 1.165) is 6.07 Å². The predicted octanol–water partition coefficient (Wildman–Crippen LogP) is 4.27. The highest BCUT2D eigenvalue weighted by molar-refractivity contribution is 7.92. The molecule has 2 N–H and O–H groups in total. The molecule has 3 rings (SSSR count). The maximum Gasteiger partial charge on any atom is 0.295 e. The molecule has 0 saturated heterocycles. The molecular formula is C24H26N4O8S. The summed E-state index contributed by atoms with van der Waals surface area (Å²) in [6.45, 7) is 1.68. The van der Waals surface area contributed by atoms with Gasteiger partial charge in [-0.2, -0.15) is 5.10 Å². The fourth-order valence-electron chi connectivity index (χ4n) is 3.30. The Morgan fingerprint density at radius 2 is 1.51 bits per heavy atom. The number of nitro groups is 1. The molecule has 0 atom stereocenters. The second-order valence-corrected chi connectivity index (χ2v) is 9.18. The van der Waals surface area contributed by atoms with Gasteiger partial charge >= 0.3 is 0 Å². The Labute approximate surface area is 214 Å². The second-order valence-electron chi connectivity index (χ2n) is 7.49. The van der Waals surface area contributed by atoms with Crippen molar-refractivity contribution in [1.82, 2.24) is 0 Å². The molecule has 37 heavy (non-hydrogen) atoms. The number of nitrogens with one attached hydrogen (secondary N) is 2. The Bertz CT molecular complexity index is 1400. The van der Waals surface area contributed by atoms with Gasteiger partial charge in [0.05, 0.1) is 44.0 Å². The first-order chi connectivity index (χ1) is 17.6. The predicted molar refractivity (Wildman–Crippen MR) is 139 cm³/mol. The van der Waals surface area contributed by atoms with Crippen molar-refractivity contribution in [2.45, 2.75) is 11.8 Å². The summed E-state index contributed by atoms with van der Waals surface area (Å²) in [5, 5.41) is 15.9. The van der Waals surface area contributed by atoms with Crippen LogP contribution in [0.25, 0.3) is 0 Å². The Balaban J connectivity index is 1.89. The zero-order valence-corrected chi connectivity index (χ0v) is 21.6. The molecule has 0 aromatic heterocycles. The van der Waals surface area contributed by atoms with E-state index in [0.29, 0.717) is 34.3 Å². The van der Waals surface area contributed by atoms with Crippen LogP contribution in [0.4, 0.5) is 17.1 Å². The minimum Gasteiger partial charge on any atom is -0.497 e. The third-order valence-corrected chi connectivity index (χ3v) is 6.62.